The summed E-state index contributed by atoms with van der Waals surface area (Å²) in [7, 11) is 2.14. The van der Waals surface area contributed by atoms with Gasteiger partial charge in [0.2, 0.25) is 0 Å². The van der Waals surface area contributed by atoms with Crippen molar-refractivity contribution < 1.29 is 14.0 Å². The number of allylic oxidation sites excluding steroid dienone is 3. The predicted molar refractivity (Wildman–Crippen MR) is 175 cm³/mol. The van der Waals surface area contributed by atoms with Crippen molar-refractivity contribution in [1.82, 2.24) is 24.3 Å². The number of rotatable bonds is 7. The summed E-state index contributed by atoms with van der Waals surface area (Å²) in [6.45, 7) is 8.80. The quantitative estimate of drug-likeness (QED) is 0.243. The molecule has 1 aliphatic carbocycles. The summed E-state index contributed by atoms with van der Waals surface area (Å²) in [5.41, 5.74) is 5.68. The van der Waals surface area contributed by atoms with E-state index in [-0.39, 0.29) is 5.91 Å². The van der Waals surface area contributed by atoms with E-state index < -0.39 is 12.2 Å². The predicted octanol–water partition coefficient (Wildman–Crippen LogP) is 5.80. The zero-order chi connectivity index (χ0) is 31.5. The third-order valence-corrected chi connectivity index (χ3v) is 8.31. The van der Waals surface area contributed by atoms with Gasteiger partial charge in [-0.25, -0.2) is 19.2 Å². The van der Waals surface area contributed by atoms with Gasteiger partial charge in [-0.1, -0.05) is 24.3 Å². The van der Waals surface area contributed by atoms with Crippen LogP contribution in [0, 0.1) is 6.92 Å². The first-order valence-corrected chi connectivity index (χ1v) is 15.1. The summed E-state index contributed by atoms with van der Waals surface area (Å²) in [5.74, 6) is 0.298. The number of benzene rings is 2. The molecule has 1 unspecified atom stereocenters. The normalized spacial score (nSPS) is 17.5. The number of aryl methyl sites for hydroxylation is 1. The van der Waals surface area contributed by atoms with Crippen LogP contribution in [0.3, 0.4) is 0 Å². The SMILES string of the molecule is CC1=CC(F)CC=C1Nc1ncnc2c1ccn2C(=O)Nc1cc(NC(=O)c2ccc(CN3CCN(C)CC3)cc2)ccc1C. The molecule has 3 heterocycles. The highest BCUT2D eigenvalue weighted by atomic mass is 19.1. The number of nitrogens with zero attached hydrogens (tertiary/aromatic N) is 5. The van der Waals surface area contributed by atoms with Gasteiger partial charge in [-0.3, -0.25) is 14.3 Å². The molecule has 0 bridgehead atoms. The van der Waals surface area contributed by atoms with Crippen LogP contribution in [-0.4, -0.2) is 75.7 Å². The van der Waals surface area contributed by atoms with Crippen molar-refractivity contribution in [3.63, 3.8) is 0 Å². The number of hydrogen-bond donors (Lipinski definition) is 3. The fourth-order valence-electron chi connectivity index (χ4n) is 5.55. The van der Waals surface area contributed by atoms with Crippen molar-refractivity contribution in [3.8, 4) is 0 Å². The van der Waals surface area contributed by atoms with Crippen molar-refractivity contribution in [3.05, 3.63) is 101 Å². The molecule has 1 aliphatic heterocycles. The van der Waals surface area contributed by atoms with Gasteiger partial charge in [0.05, 0.1) is 5.39 Å². The zero-order valence-corrected chi connectivity index (χ0v) is 25.7. The summed E-state index contributed by atoms with van der Waals surface area (Å²) >= 11 is 0. The Morgan fingerprint density at radius 2 is 1.76 bits per heavy atom. The number of fused-ring (bicyclic) bond motifs is 1. The molecule has 4 aromatic rings. The maximum atomic E-state index is 13.7. The number of anilines is 3. The van der Waals surface area contributed by atoms with E-state index in [1.165, 1.54) is 16.5 Å². The van der Waals surface area contributed by atoms with Crippen molar-refractivity contribution in [1.29, 1.82) is 0 Å². The summed E-state index contributed by atoms with van der Waals surface area (Å²) in [6.07, 6.45) is 5.68. The smallest absolute Gasteiger partial charge is 0.331 e. The van der Waals surface area contributed by atoms with Crippen LogP contribution >= 0.6 is 0 Å². The Bertz CT molecular complexity index is 1790. The minimum absolute atomic E-state index is 0.226. The molecule has 1 saturated heterocycles. The van der Waals surface area contributed by atoms with E-state index >= 15 is 0 Å². The van der Waals surface area contributed by atoms with Crippen LogP contribution in [-0.2, 0) is 6.54 Å². The van der Waals surface area contributed by atoms with E-state index in [2.05, 4.69) is 42.8 Å². The van der Waals surface area contributed by atoms with Gasteiger partial charge in [0, 0.05) is 68.0 Å². The number of amides is 2. The first kappa shape index (κ1) is 30.2. The molecule has 1 fully saturated rings. The lowest BCUT2D eigenvalue weighted by Crippen LogP contribution is -2.43. The lowest BCUT2D eigenvalue weighted by atomic mass is 10.0. The van der Waals surface area contributed by atoms with Gasteiger partial charge >= 0.3 is 6.03 Å². The average molecular weight is 609 g/mol. The number of likely N-dealkylation sites (N-methyl/N-ethyl adjacent to an activating group) is 1. The van der Waals surface area contributed by atoms with Crippen LogP contribution in [0.1, 0.15) is 34.8 Å². The fraction of sp³-hybridized carbons (Fsp3) is 0.294. The number of carbonyl (C=O) groups is 2. The van der Waals surface area contributed by atoms with Gasteiger partial charge in [-0.2, -0.15) is 0 Å². The van der Waals surface area contributed by atoms with Gasteiger partial charge in [0.15, 0.2) is 5.65 Å². The van der Waals surface area contributed by atoms with Crippen LogP contribution in [0.2, 0.25) is 0 Å². The molecule has 2 aliphatic rings. The third-order valence-electron chi connectivity index (χ3n) is 8.31. The standard InChI is InChI=1S/C34H37FN8O2/c1-22-4-10-27(38-33(44)25-7-5-24(6-8-25)20-42-16-14-41(3)15-17-42)19-30(22)40-34(45)43-13-12-28-31(36-21-37-32(28)43)39-29-11-9-26(35)18-23(29)2/h4-8,10-13,18-19,21,26H,9,14-17,20H2,1-3H3,(H,38,44)(H,40,45)(H,36,37,39). The van der Waals surface area contributed by atoms with Crippen LogP contribution in [0.25, 0.3) is 11.0 Å². The molecule has 1 atom stereocenters. The summed E-state index contributed by atoms with van der Waals surface area (Å²) in [5, 5.41) is 9.79. The number of hydrogen-bond acceptors (Lipinski definition) is 7. The second kappa shape index (κ2) is 13.0. The number of aromatic nitrogens is 3. The molecule has 0 saturated carbocycles. The largest absolute Gasteiger partial charge is 0.340 e. The molecule has 3 N–H and O–H groups in total. The number of halogens is 1. The lowest BCUT2D eigenvalue weighted by molar-refractivity contribution is 0.102. The minimum atomic E-state index is -0.996. The molecule has 232 valence electrons. The Hall–Kier alpha value is -4.87. The molecule has 10 nitrogen and oxygen atoms in total. The molecular formula is C34H37FN8O2. The molecule has 0 spiro atoms. The van der Waals surface area contributed by atoms with Gasteiger partial charge in [0.25, 0.3) is 5.91 Å². The third kappa shape index (κ3) is 6.95. The molecule has 2 aromatic heterocycles. The molecule has 2 amide bonds. The number of carbonyl (C=O) groups excluding carboxylic acids is 2. The van der Waals surface area contributed by atoms with E-state index in [1.807, 2.05) is 50.2 Å². The molecule has 6 rings (SSSR count). The van der Waals surface area contributed by atoms with Crippen LogP contribution < -0.4 is 16.0 Å². The summed E-state index contributed by atoms with van der Waals surface area (Å²) in [6, 6.07) is 14.4. The first-order chi connectivity index (χ1) is 21.7. The van der Waals surface area contributed by atoms with Gasteiger partial charge in [-0.05, 0) is 74.0 Å². The maximum Gasteiger partial charge on any atom is 0.331 e. The summed E-state index contributed by atoms with van der Waals surface area (Å²) in [4.78, 5) is 39.9. The Morgan fingerprint density at radius 1 is 0.978 bits per heavy atom. The van der Waals surface area contributed by atoms with Crippen LogP contribution in [0.4, 0.5) is 26.4 Å². The highest BCUT2D eigenvalue weighted by molar-refractivity contribution is 6.05. The molecular weight excluding hydrogens is 571 g/mol. The maximum absolute atomic E-state index is 13.7. The Labute approximate surface area is 261 Å². The second-order valence-electron chi connectivity index (χ2n) is 11.7. The van der Waals surface area contributed by atoms with Gasteiger partial charge in [0.1, 0.15) is 18.3 Å². The lowest BCUT2D eigenvalue weighted by Gasteiger charge is -2.32. The van der Waals surface area contributed by atoms with Gasteiger partial charge < -0.3 is 20.9 Å². The zero-order valence-electron chi connectivity index (χ0n) is 25.7. The fourth-order valence-corrected chi connectivity index (χ4v) is 5.55. The Balaban J connectivity index is 1.12. The second-order valence-corrected chi connectivity index (χ2v) is 11.7. The topological polar surface area (TPSA) is 107 Å². The Morgan fingerprint density at radius 3 is 2.51 bits per heavy atom. The first-order valence-electron chi connectivity index (χ1n) is 15.1. The number of nitrogens with one attached hydrogen (secondary N) is 3. The van der Waals surface area contributed by atoms with Crippen molar-refractivity contribution in [2.45, 2.75) is 33.0 Å². The minimum Gasteiger partial charge on any atom is -0.340 e. The van der Waals surface area contributed by atoms with Gasteiger partial charge in [-0.15, -0.1) is 0 Å². The monoisotopic (exact) mass is 608 g/mol. The van der Waals surface area contributed by atoms with E-state index in [4.69, 9.17) is 0 Å². The molecule has 2 aromatic carbocycles. The highest BCUT2D eigenvalue weighted by Gasteiger charge is 2.18. The van der Waals surface area contributed by atoms with Crippen LogP contribution in [0.5, 0.6) is 0 Å². The number of piperazine rings is 1. The van der Waals surface area contributed by atoms with Crippen LogP contribution in [0.15, 0.2) is 84.5 Å². The van der Waals surface area contributed by atoms with E-state index in [0.717, 1.165) is 49.6 Å². The molecule has 45 heavy (non-hydrogen) atoms. The molecule has 0 radical (unpaired) electrons. The van der Waals surface area contributed by atoms with Crippen molar-refractivity contribution >= 4 is 40.2 Å². The number of alkyl halides is 1. The van der Waals surface area contributed by atoms with E-state index in [1.54, 1.807) is 30.5 Å². The van der Waals surface area contributed by atoms with Crippen molar-refractivity contribution in [2.24, 2.45) is 0 Å². The van der Waals surface area contributed by atoms with E-state index in [0.29, 0.717) is 40.2 Å². The van der Waals surface area contributed by atoms with Crippen molar-refractivity contribution in [2.75, 3.05) is 49.2 Å². The molecule has 11 heteroatoms. The van der Waals surface area contributed by atoms with E-state index in [9.17, 15) is 14.0 Å². The Kier molecular flexibility index (Phi) is 8.72. The highest BCUT2D eigenvalue weighted by Crippen LogP contribution is 2.27. The average Bonchev–Trinajstić information content (AvgIpc) is 3.47. The summed E-state index contributed by atoms with van der Waals surface area (Å²) < 4.78 is 15.1.